The van der Waals surface area contributed by atoms with Crippen LogP contribution in [0.3, 0.4) is 0 Å². The first-order valence-electron chi connectivity index (χ1n) is 3.97. The van der Waals surface area contributed by atoms with Crippen LogP contribution in [-0.4, -0.2) is 18.6 Å². The van der Waals surface area contributed by atoms with Crippen molar-refractivity contribution < 1.29 is 12.8 Å². The molecule has 0 fully saturated rings. The summed E-state index contributed by atoms with van der Waals surface area (Å²) in [6.07, 6.45) is 1.17. The highest BCUT2D eigenvalue weighted by Gasteiger charge is 2.10. The van der Waals surface area contributed by atoms with Gasteiger partial charge in [-0.05, 0) is 18.2 Å². The van der Waals surface area contributed by atoms with Crippen LogP contribution in [0.15, 0.2) is 40.0 Å². The van der Waals surface area contributed by atoms with E-state index in [4.69, 9.17) is 9.56 Å². The third-order valence-corrected chi connectivity index (χ3v) is 2.68. The lowest BCUT2D eigenvalue weighted by Crippen LogP contribution is -2.11. The Morgan fingerprint density at radius 1 is 1.33 bits per heavy atom. The molecule has 1 aromatic heterocycles. The zero-order valence-electron chi connectivity index (χ0n) is 7.49. The largest absolute Gasteiger partial charge is 0.423 e. The third-order valence-electron chi connectivity index (χ3n) is 1.77. The van der Waals surface area contributed by atoms with E-state index in [1.807, 2.05) is 0 Å². The zero-order valence-corrected chi connectivity index (χ0v) is 8.31. The van der Waals surface area contributed by atoms with E-state index < -0.39 is 10.0 Å². The lowest BCUT2D eigenvalue weighted by atomic mass is 10.2. The van der Waals surface area contributed by atoms with Gasteiger partial charge in [-0.1, -0.05) is 6.07 Å². The van der Waals surface area contributed by atoms with Crippen LogP contribution in [0.25, 0.3) is 11.5 Å². The Kier molecular flexibility index (Phi) is 2.25. The van der Waals surface area contributed by atoms with Gasteiger partial charge in [0.05, 0.1) is 4.90 Å². The second-order valence-electron chi connectivity index (χ2n) is 2.82. The van der Waals surface area contributed by atoms with Crippen molar-refractivity contribution >= 4 is 10.0 Å². The summed E-state index contributed by atoms with van der Waals surface area (Å²) in [5.74, 6) is 0.250. The number of nitrogens with two attached hydrogens (primary N) is 1. The van der Waals surface area contributed by atoms with Crippen LogP contribution in [-0.2, 0) is 10.0 Å². The molecule has 0 unspecified atom stereocenters. The maximum atomic E-state index is 11.1. The van der Waals surface area contributed by atoms with Gasteiger partial charge in [-0.25, -0.2) is 13.6 Å². The molecule has 0 radical (unpaired) electrons. The van der Waals surface area contributed by atoms with E-state index >= 15 is 0 Å². The second-order valence-corrected chi connectivity index (χ2v) is 4.38. The molecule has 0 bridgehead atoms. The summed E-state index contributed by atoms with van der Waals surface area (Å²) in [5, 5.41) is 12.1. The number of rotatable bonds is 2. The molecule has 0 amide bonds. The molecule has 0 atom stereocenters. The SMILES string of the molecule is NS(=O)(=O)c1cccc(-c2nnco2)c1. The summed E-state index contributed by atoms with van der Waals surface area (Å²) in [4.78, 5) is 0.0122. The van der Waals surface area contributed by atoms with Crippen molar-refractivity contribution in [3.63, 3.8) is 0 Å². The van der Waals surface area contributed by atoms with Crippen LogP contribution < -0.4 is 5.14 Å². The van der Waals surface area contributed by atoms with Crippen molar-refractivity contribution in [2.75, 3.05) is 0 Å². The average molecular weight is 225 g/mol. The second kappa shape index (κ2) is 3.44. The van der Waals surface area contributed by atoms with E-state index in [0.717, 1.165) is 0 Å². The predicted octanol–water partition coefficient (Wildman–Crippen LogP) is 0.384. The maximum absolute atomic E-state index is 11.1. The van der Waals surface area contributed by atoms with Crippen LogP contribution in [0.2, 0.25) is 0 Å². The number of primary sulfonamides is 1. The normalized spacial score (nSPS) is 11.5. The number of hydrogen-bond acceptors (Lipinski definition) is 5. The highest BCUT2D eigenvalue weighted by atomic mass is 32.2. The van der Waals surface area contributed by atoms with E-state index in [-0.39, 0.29) is 10.8 Å². The monoisotopic (exact) mass is 225 g/mol. The standard InChI is InChI=1S/C8H7N3O3S/c9-15(12,13)7-3-1-2-6(4-7)8-11-10-5-14-8/h1-5H,(H2,9,12,13). The van der Waals surface area contributed by atoms with Gasteiger partial charge in [-0.2, -0.15) is 0 Å². The Morgan fingerprint density at radius 2 is 2.13 bits per heavy atom. The molecule has 78 valence electrons. The highest BCUT2D eigenvalue weighted by Crippen LogP contribution is 2.19. The Labute approximate surface area is 85.8 Å². The predicted molar refractivity (Wildman–Crippen MR) is 51.1 cm³/mol. The van der Waals surface area contributed by atoms with Gasteiger partial charge < -0.3 is 4.42 Å². The average Bonchev–Trinajstić information content (AvgIpc) is 2.69. The van der Waals surface area contributed by atoms with Gasteiger partial charge in [0.25, 0.3) is 0 Å². The molecular formula is C8H7N3O3S. The van der Waals surface area contributed by atoms with Gasteiger partial charge in [0.15, 0.2) is 0 Å². The first kappa shape index (κ1) is 9.81. The van der Waals surface area contributed by atoms with Crippen molar-refractivity contribution in [2.45, 2.75) is 4.90 Å². The Hall–Kier alpha value is -1.73. The Balaban J connectivity index is 2.53. The van der Waals surface area contributed by atoms with Gasteiger partial charge in [0.1, 0.15) is 0 Å². The fraction of sp³-hybridized carbons (Fsp3) is 0. The number of benzene rings is 1. The van der Waals surface area contributed by atoms with Crippen LogP contribution in [0.4, 0.5) is 0 Å². The number of sulfonamides is 1. The highest BCUT2D eigenvalue weighted by molar-refractivity contribution is 7.89. The summed E-state index contributed by atoms with van der Waals surface area (Å²) < 4.78 is 27.1. The van der Waals surface area contributed by atoms with Crippen molar-refractivity contribution in [3.05, 3.63) is 30.7 Å². The van der Waals surface area contributed by atoms with Crippen molar-refractivity contribution in [2.24, 2.45) is 5.14 Å². The molecule has 7 heteroatoms. The molecule has 1 aromatic carbocycles. The summed E-state index contributed by atoms with van der Waals surface area (Å²) in [7, 11) is -3.71. The van der Waals surface area contributed by atoms with Crippen LogP contribution >= 0.6 is 0 Å². The fourth-order valence-electron chi connectivity index (χ4n) is 1.10. The van der Waals surface area contributed by atoms with Crippen LogP contribution in [0.5, 0.6) is 0 Å². The smallest absolute Gasteiger partial charge is 0.247 e. The molecule has 1 heterocycles. The Bertz CT molecular complexity index is 563. The number of nitrogens with zero attached hydrogens (tertiary/aromatic N) is 2. The van der Waals surface area contributed by atoms with Gasteiger partial charge in [-0.15, -0.1) is 10.2 Å². The molecule has 2 N–H and O–H groups in total. The molecule has 0 saturated carbocycles. The summed E-state index contributed by atoms with van der Waals surface area (Å²) in [5.41, 5.74) is 0.513. The maximum Gasteiger partial charge on any atom is 0.247 e. The Morgan fingerprint density at radius 3 is 2.73 bits per heavy atom. The molecule has 0 aliphatic heterocycles. The van der Waals surface area contributed by atoms with Crippen molar-refractivity contribution in [1.29, 1.82) is 0 Å². The van der Waals surface area contributed by atoms with E-state index in [0.29, 0.717) is 5.56 Å². The van der Waals surface area contributed by atoms with E-state index in [1.54, 1.807) is 12.1 Å². The summed E-state index contributed by atoms with van der Waals surface area (Å²) in [6, 6.07) is 5.99. The first-order chi connectivity index (χ1) is 7.07. The molecule has 2 rings (SSSR count). The van der Waals surface area contributed by atoms with Gasteiger partial charge in [0.2, 0.25) is 22.3 Å². The quantitative estimate of drug-likeness (QED) is 0.796. The van der Waals surface area contributed by atoms with E-state index in [1.165, 1.54) is 18.5 Å². The van der Waals surface area contributed by atoms with Crippen LogP contribution in [0.1, 0.15) is 0 Å². The fourth-order valence-corrected chi connectivity index (χ4v) is 1.66. The molecule has 6 nitrogen and oxygen atoms in total. The molecule has 2 aromatic rings. The zero-order chi connectivity index (χ0) is 10.9. The first-order valence-corrected chi connectivity index (χ1v) is 5.51. The summed E-state index contributed by atoms with van der Waals surface area (Å²) >= 11 is 0. The lowest BCUT2D eigenvalue weighted by molar-refractivity contribution is 0.568. The van der Waals surface area contributed by atoms with E-state index in [9.17, 15) is 8.42 Å². The topological polar surface area (TPSA) is 99.1 Å². The molecule has 0 saturated heterocycles. The summed E-state index contributed by atoms with van der Waals surface area (Å²) in [6.45, 7) is 0. The molecule has 0 aliphatic carbocycles. The number of aromatic nitrogens is 2. The van der Waals surface area contributed by atoms with Crippen molar-refractivity contribution in [3.8, 4) is 11.5 Å². The minimum atomic E-state index is -3.71. The molecular weight excluding hydrogens is 218 g/mol. The van der Waals surface area contributed by atoms with Gasteiger partial charge >= 0.3 is 0 Å². The van der Waals surface area contributed by atoms with Gasteiger partial charge in [-0.3, -0.25) is 0 Å². The van der Waals surface area contributed by atoms with Gasteiger partial charge in [0, 0.05) is 5.56 Å². The van der Waals surface area contributed by atoms with Crippen molar-refractivity contribution in [1.82, 2.24) is 10.2 Å². The lowest BCUT2D eigenvalue weighted by Gasteiger charge is -1.99. The number of hydrogen-bond donors (Lipinski definition) is 1. The molecule has 0 spiro atoms. The van der Waals surface area contributed by atoms with E-state index in [2.05, 4.69) is 10.2 Å². The molecule has 15 heavy (non-hydrogen) atoms. The van der Waals surface area contributed by atoms with Crippen LogP contribution in [0, 0.1) is 0 Å². The minimum absolute atomic E-state index is 0.0122. The minimum Gasteiger partial charge on any atom is -0.423 e. The molecule has 0 aliphatic rings. The third kappa shape index (κ3) is 2.03.